The lowest BCUT2D eigenvalue weighted by Crippen LogP contribution is -2.22. The molecule has 0 radical (unpaired) electrons. The first-order valence-electron chi connectivity index (χ1n) is 5.33. The molecule has 0 saturated heterocycles. The van der Waals surface area contributed by atoms with Gasteiger partial charge in [-0.1, -0.05) is 43.0 Å². The SMILES string of the molecule is CCCCC(N)Cc1cc(Cl)ccc1Cl. The van der Waals surface area contributed by atoms with Crippen molar-refractivity contribution < 1.29 is 0 Å². The smallest absolute Gasteiger partial charge is 0.0439 e. The first-order valence-corrected chi connectivity index (χ1v) is 6.08. The van der Waals surface area contributed by atoms with Gasteiger partial charge >= 0.3 is 0 Å². The summed E-state index contributed by atoms with van der Waals surface area (Å²) in [5.74, 6) is 0. The van der Waals surface area contributed by atoms with Crippen LogP contribution in [0.3, 0.4) is 0 Å². The highest BCUT2D eigenvalue weighted by Gasteiger charge is 2.07. The van der Waals surface area contributed by atoms with E-state index in [1.165, 1.54) is 12.8 Å². The van der Waals surface area contributed by atoms with E-state index < -0.39 is 0 Å². The van der Waals surface area contributed by atoms with Gasteiger partial charge in [-0.3, -0.25) is 0 Å². The molecular formula is C12H17Cl2N. The molecule has 1 aromatic rings. The van der Waals surface area contributed by atoms with Crippen LogP contribution in [0.5, 0.6) is 0 Å². The van der Waals surface area contributed by atoms with E-state index in [1.54, 1.807) is 6.07 Å². The predicted molar refractivity (Wildman–Crippen MR) is 67.7 cm³/mol. The average Bonchev–Trinajstić information content (AvgIpc) is 2.20. The van der Waals surface area contributed by atoms with Crippen molar-refractivity contribution in [2.45, 2.75) is 38.6 Å². The second kappa shape index (κ2) is 6.37. The lowest BCUT2D eigenvalue weighted by Gasteiger charge is -2.12. The van der Waals surface area contributed by atoms with Gasteiger partial charge in [-0.05, 0) is 36.6 Å². The van der Waals surface area contributed by atoms with E-state index in [2.05, 4.69) is 6.92 Å². The van der Waals surface area contributed by atoms with Gasteiger partial charge in [-0.15, -0.1) is 0 Å². The molecule has 0 aromatic heterocycles. The van der Waals surface area contributed by atoms with Crippen molar-refractivity contribution in [2.24, 2.45) is 5.73 Å². The largest absolute Gasteiger partial charge is 0.327 e. The molecule has 1 aromatic carbocycles. The van der Waals surface area contributed by atoms with Crippen molar-refractivity contribution in [3.05, 3.63) is 33.8 Å². The predicted octanol–water partition coefficient (Wildman–Crippen LogP) is 4.05. The summed E-state index contributed by atoms with van der Waals surface area (Å²) >= 11 is 12.0. The summed E-state index contributed by atoms with van der Waals surface area (Å²) in [6, 6.07) is 5.70. The Hall–Kier alpha value is -0.240. The third kappa shape index (κ3) is 4.42. The molecule has 1 atom stereocenters. The Labute approximate surface area is 102 Å². The Morgan fingerprint density at radius 1 is 1.33 bits per heavy atom. The monoisotopic (exact) mass is 245 g/mol. The average molecular weight is 246 g/mol. The maximum absolute atomic E-state index is 6.06. The summed E-state index contributed by atoms with van der Waals surface area (Å²) in [5.41, 5.74) is 7.06. The van der Waals surface area contributed by atoms with Gasteiger partial charge < -0.3 is 5.73 Å². The molecule has 0 spiro atoms. The lowest BCUT2D eigenvalue weighted by atomic mass is 10.0. The molecule has 0 heterocycles. The Balaban J connectivity index is 2.59. The van der Waals surface area contributed by atoms with Crippen molar-refractivity contribution in [3.63, 3.8) is 0 Å². The molecule has 15 heavy (non-hydrogen) atoms. The van der Waals surface area contributed by atoms with Crippen LogP contribution in [0, 0.1) is 0 Å². The minimum atomic E-state index is 0.181. The third-order valence-electron chi connectivity index (χ3n) is 2.42. The lowest BCUT2D eigenvalue weighted by molar-refractivity contribution is 0.574. The molecule has 3 heteroatoms. The van der Waals surface area contributed by atoms with Crippen LogP contribution >= 0.6 is 23.2 Å². The number of rotatable bonds is 5. The van der Waals surface area contributed by atoms with Crippen LogP contribution in [0.4, 0.5) is 0 Å². The fraction of sp³-hybridized carbons (Fsp3) is 0.500. The normalized spacial score (nSPS) is 12.8. The molecular weight excluding hydrogens is 229 g/mol. The van der Waals surface area contributed by atoms with Crippen LogP contribution in [0.15, 0.2) is 18.2 Å². The van der Waals surface area contributed by atoms with E-state index in [0.717, 1.165) is 28.5 Å². The first-order chi connectivity index (χ1) is 7.13. The standard InChI is InChI=1S/C12H17Cl2N/c1-2-3-4-11(15)8-9-7-10(13)5-6-12(9)14/h5-7,11H,2-4,8,15H2,1H3. The van der Waals surface area contributed by atoms with E-state index in [1.807, 2.05) is 12.1 Å². The van der Waals surface area contributed by atoms with Gasteiger partial charge in [0.05, 0.1) is 0 Å². The number of nitrogens with two attached hydrogens (primary N) is 1. The number of unbranched alkanes of at least 4 members (excludes halogenated alkanes) is 1. The maximum atomic E-state index is 6.06. The minimum absolute atomic E-state index is 0.181. The van der Waals surface area contributed by atoms with Crippen LogP contribution < -0.4 is 5.73 Å². The molecule has 0 bridgehead atoms. The molecule has 0 saturated carbocycles. The van der Waals surface area contributed by atoms with E-state index in [4.69, 9.17) is 28.9 Å². The quantitative estimate of drug-likeness (QED) is 0.833. The highest BCUT2D eigenvalue weighted by molar-refractivity contribution is 6.33. The number of hydrogen-bond acceptors (Lipinski definition) is 1. The summed E-state index contributed by atoms with van der Waals surface area (Å²) in [7, 11) is 0. The molecule has 0 fully saturated rings. The Morgan fingerprint density at radius 3 is 2.73 bits per heavy atom. The number of benzene rings is 1. The zero-order valence-electron chi connectivity index (χ0n) is 8.97. The van der Waals surface area contributed by atoms with E-state index >= 15 is 0 Å². The van der Waals surface area contributed by atoms with Crippen molar-refractivity contribution in [3.8, 4) is 0 Å². The number of hydrogen-bond donors (Lipinski definition) is 1. The Bertz CT molecular complexity index is 312. The number of halogens is 2. The van der Waals surface area contributed by atoms with Gasteiger partial charge in [0.2, 0.25) is 0 Å². The van der Waals surface area contributed by atoms with Crippen LogP contribution in [-0.4, -0.2) is 6.04 Å². The van der Waals surface area contributed by atoms with Crippen LogP contribution in [0.1, 0.15) is 31.7 Å². The minimum Gasteiger partial charge on any atom is -0.327 e. The van der Waals surface area contributed by atoms with Gasteiger partial charge in [0.25, 0.3) is 0 Å². The van der Waals surface area contributed by atoms with Gasteiger partial charge in [-0.2, -0.15) is 0 Å². The van der Waals surface area contributed by atoms with Gasteiger partial charge in [0.15, 0.2) is 0 Å². The fourth-order valence-electron chi connectivity index (χ4n) is 1.55. The van der Waals surface area contributed by atoms with Gasteiger partial charge in [-0.25, -0.2) is 0 Å². The molecule has 0 aliphatic heterocycles. The zero-order chi connectivity index (χ0) is 11.3. The van der Waals surface area contributed by atoms with Crippen molar-refractivity contribution in [1.82, 2.24) is 0 Å². The van der Waals surface area contributed by atoms with Gasteiger partial charge in [0, 0.05) is 16.1 Å². The topological polar surface area (TPSA) is 26.0 Å². The van der Waals surface area contributed by atoms with Crippen molar-refractivity contribution >= 4 is 23.2 Å². The molecule has 1 unspecified atom stereocenters. The molecule has 0 amide bonds. The van der Waals surface area contributed by atoms with Crippen LogP contribution in [-0.2, 0) is 6.42 Å². The van der Waals surface area contributed by atoms with E-state index in [9.17, 15) is 0 Å². The first kappa shape index (κ1) is 12.8. The summed E-state index contributed by atoms with van der Waals surface area (Å²) in [5, 5.41) is 1.48. The van der Waals surface area contributed by atoms with E-state index in [-0.39, 0.29) is 6.04 Å². The molecule has 0 aliphatic carbocycles. The third-order valence-corrected chi connectivity index (χ3v) is 3.02. The van der Waals surface area contributed by atoms with Gasteiger partial charge in [0.1, 0.15) is 0 Å². The van der Waals surface area contributed by atoms with Crippen LogP contribution in [0.2, 0.25) is 10.0 Å². The Kier molecular flexibility index (Phi) is 5.44. The fourth-order valence-corrected chi connectivity index (χ4v) is 1.94. The van der Waals surface area contributed by atoms with Crippen molar-refractivity contribution in [1.29, 1.82) is 0 Å². The second-order valence-electron chi connectivity index (χ2n) is 3.84. The molecule has 1 nitrogen and oxygen atoms in total. The second-order valence-corrected chi connectivity index (χ2v) is 4.69. The summed E-state index contributed by atoms with van der Waals surface area (Å²) < 4.78 is 0. The van der Waals surface area contributed by atoms with E-state index in [0.29, 0.717) is 0 Å². The zero-order valence-corrected chi connectivity index (χ0v) is 10.5. The summed E-state index contributed by atoms with van der Waals surface area (Å²) in [4.78, 5) is 0. The molecule has 2 N–H and O–H groups in total. The Morgan fingerprint density at radius 2 is 2.07 bits per heavy atom. The maximum Gasteiger partial charge on any atom is 0.0439 e. The van der Waals surface area contributed by atoms with Crippen LogP contribution in [0.25, 0.3) is 0 Å². The molecule has 1 rings (SSSR count). The molecule has 84 valence electrons. The summed E-state index contributed by atoms with van der Waals surface area (Å²) in [6.45, 7) is 2.17. The van der Waals surface area contributed by atoms with Crippen molar-refractivity contribution in [2.75, 3.05) is 0 Å². The highest BCUT2D eigenvalue weighted by Crippen LogP contribution is 2.22. The summed E-state index contributed by atoms with van der Waals surface area (Å²) in [6.07, 6.45) is 4.19. The molecule has 0 aliphatic rings. The highest BCUT2D eigenvalue weighted by atomic mass is 35.5.